The highest BCUT2D eigenvalue weighted by molar-refractivity contribution is 5.80. The SMILES string of the molecule is O=C([C@H]1CC=CCC1)N1CCC[C@@H]1c1cccc2c1OCCO2. The van der Waals surface area contributed by atoms with Crippen LogP contribution in [0.15, 0.2) is 30.4 Å². The molecule has 1 aliphatic carbocycles. The molecule has 4 nitrogen and oxygen atoms in total. The first kappa shape index (κ1) is 14.6. The number of nitrogens with zero attached hydrogens (tertiary/aromatic N) is 1. The van der Waals surface area contributed by atoms with Crippen molar-refractivity contribution in [2.45, 2.75) is 38.1 Å². The summed E-state index contributed by atoms with van der Waals surface area (Å²) in [6.45, 7) is 2.03. The van der Waals surface area contributed by atoms with E-state index in [0.29, 0.717) is 19.1 Å². The van der Waals surface area contributed by atoms with E-state index in [2.05, 4.69) is 23.1 Å². The molecule has 4 rings (SSSR count). The molecular weight excluding hydrogens is 290 g/mol. The van der Waals surface area contributed by atoms with Gasteiger partial charge in [0, 0.05) is 18.0 Å². The Morgan fingerprint density at radius 2 is 2.04 bits per heavy atom. The van der Waals surface area contributed by atoms with Crippen LogP contribution >= 0.6 is 0 Å². The Morgan fingerprint density at radius 1 is 1.13 bits per heavy atom. The lowest BCUT2D eigenvalue weighted by Crippen LogP contribution is -2.36. The van der Waals surface area contributed by atoms with E-state index in [0.717, 1.165) is 55.7 Å². The minimum absolute atomic E-state index is 0.130. The van der Waals surface area contributed by atoms with E-state index in [4.69, 9.17) is 9.47 Å². The lowest BCUT2D eigenvalue weighted by Gasteiger charge is -2.31. The van der Waals surface area contributed by atoms with Crippen LogP contribution in [0.25, 0.3) is 0 Å². The van der Waals surface area contributed by atoms with Crippen LogP contribution in [0.3, 0.4) is 0 Å². The smallest absolute Gasteiger partial charge is 0.226 e. The normalized spacial score (nSPS) is 26.3. The van der Waals surface area contributed by atoms with Crippen molar-refractivity contribution >= 4 is 5.91 Å². The van der Waals surface area contributed by atoms with E-state index in [-0.39, 0.29) is 12.0 Å². The topological polar surface area (TPSA) is 38.8 Å². The van der Waals surface area contributed by atoms with Gasteiger partial charge in [-0.1, -0.05) is 24.3 Å². The van der Waals surface area contributed by atoms with Gasteiger partial charge in [-0.05, 0) is 38.2 Å². The van der Waals surface area contributed by atoms with E-state index in [9.17, 15) is 4.79 Å². The number of hydrogen-bond donors (Lipinski definition) is 0. The Kier molecular flexibility index (Phi) is 3.98. The molecule has 0 spiro atoms. The molecule has 2 atom stereocenters. The molecule has 23 heavy (non-hydrogen) atoms. The molecular formula is C19H23NO3. The van der Waals surface area contributed by atoms with Crippen molar-refractivity contribution in [2.75, 3.05) is 19.8 Å². The Bertz CT molecular complexity index is 625. The van der Waals surface area contributed by atoms with E-state index in [1.54, 1.807) is 0 Å². The van der Waals surface area contributed by atoms with Gasteiger partial charge in [0.2, 0.25) is 5.91 Å². The molecule has 1 saturated heterocycles. The molecule has 0 radical (unpaired) electrons. The molecule has 3 aliphatic rings. The number of para-hydroxylation sites is 1. The monoisotopic (exact) mass is 313 g/mol. The highest BCUT2D eigenvalue weighted by Gasteiger charge is 2.36. The van der Waals surface area contributed by atoms with E-state index >= 15 is 0 Å². The maximum Gasteiger partial charge on any atom is 0.226 e. The quantitative estimate of drug-likeness (QED) is 0.785. The van der Waals surface area contributed by atoms with Crippen molar-refractivity contribution < 1.29 is 14.3 Å². The molecule has 1 aromatic carbocycles. The molecule has 1 aromatic rings. The molecule has 1 amide bonds. The molecule has 4 heteroatoms. The van der Waals surface area contributed by atoms with Gasteiger partial charge in [0.25, 0.3) is 0 Å². The highest BCUT2D eigenvalue weighted by atomic mass is 16.6. The zero-order chi connectivity index (χ0) is 15.6. The zero-order valence-electron chi connectivity index (χ0n) is 13.4. The van der Waals surface area contributed by atoms with Gasteiger partial charge < -0.3 is 14.4 Å². The van der Waals surface area contributed by atoms with Crippen LogP contribution in [0.5, 0.6) is 11.5 Å². The van der Waals surface area contributed by atoms with E-state index < -0.39 is 0 Å². The second kappa shape index (κ2) is 6.26. The van der Waals surface area contributed by atoms with Crippen LogP contribution in [0, 0.1) is 5.92 Å². The summed E-state index contributed by atoms with van der Waals surface area (Å²) in [4.78, 5) is 15.1. The molecule has 0 bridgehead atoms. The summed E-state index contributed by atoms with van der Waals surface area (Å²) in [5.41, 5.74) is 1.11. The fraction of sp³-hybridized carbons (Fsp3) is 0.526. The highest BCUT2D eigenvalue weighted by Crippen LogP contribution is 2.43. The Labute approximate surface area is 137 Å². The number of rotatable bonds is 2. The summed E-state index contributed by atoms with van der Waals surface area (Å²) < 4.78 is 11.6. The average Bonchev–Trinajstić information content (AvgIpc) is 3.11. The van der Waals surface area contributed by atoms with Gasteiger partial charge >= 0.3 is 0 Å². The fourth-order valence-corrected chi connectivity index (χ4v) is 3.96. The second-order valence-corrected chi connectivity index (χ2v) is 6.54. The molecule has 0 aromatic heterocycles. The standard InChI is InChI=1S/C19H23NO3/c21-19(14-6-2-1-3-7-14)20-11-5-9-16(20)15-8-4-10-17-18(15)23-13-12-22-17/h1-2,4,8,10,14,16H,3,5-7,9,11-13H2/t14-,16+/m0/s1. The number of benzene rings is 1. The van der Waals surface area contributed by atoms with Gasteiger partial charge in [0.05, 0.1) is 6.04 Å². The Balaban J connectivity index is 1.61. The Hall–Kier alpha value is -1.97. The lowest BCUT2D eigenvalue weighted by molar-refractivity contribution is -0.136. The Morgan fingerprint density at radius 3 is 2.91 bits per heavy atom. The third-order valence-corrected chi connectivity index (χ3v) is 5.11. The van der Waals surface area contributed by atoms with Gasteiger partial charge in [-0.2, -0.15) is 0 Å². The molecule has 1 fully saturated rings. The maximum atomic E-state index is 13.0. The number of carbonyl (C=O) groups is 1. The predicted molar refractivity (Wildman–Crippen MR) is 87.6 cm³/mol. The van der Waals surface area contributed by atoms with Crippen LogP contribution in [-0.4, -0.2) is 30.6 Å². The predicted octanol–water partition coefficient (Wildman–Crippen LogP) is 3.48. The van der Waals surface area contributed by atoms with E-state index in [1.807, 2.05) is 12.1 Å². The van der Waals surface area contributed by atoms with Gasteiger partial charge in [0.15, 0.2) is 11.5 Å². The number of ether oxygens (including phenoxy) is 2. The summed E-state index contributed by atoms with van der Waals surface area (Å²) in [5, 5.41) is 0. The summed E-state index contributed by atoms with van der Waals surface area (Å²) in [7, 11) is 0. The van der Waals surface area contributed by atoms with Crippen LogP contribution in [-0.2, 0) is 4.79 Å². The second-order valence-electron chi connectivity index (χ2n) is 6.54. The lowest BCUT2D eigenvalue weighted by atomic mass is 9.92. The number of amides is 1. The number of allylic oxidation sites excluding steroid dienone is 2. The fourth-order valence-electron chi connectivity index (χ4n) is 3.96. The van der Waals surface area contributed by atoms with Crippen molar-refractivity contribution in [3.8, 4) is 11.5 Å². The number of hydrogen-bond acceptors (Lipinski definition) is 3. The molecule has 0 saturated carbocycles. The third kappa shape index (κ3) is 2.71. The number of carbonyl (C=O) groups excluding carboxylic acids is 1. The minimum atomic E-state index is 0.130. The van der Waals surface area contributed by atoms with Crippen molar-refractivity contribution in [1.29, 1.82) is 0 Å². The van der Waals surface area contributed by atoms with E-state index in [1.165, 1.54) is 0 Å². The molecule has 2 heterocycles. The maximum absolute atomic E-state index is 13.0. The van der Waals surface area contributed by atoms with Crippen LogP contribution < -0.4 is 9.47 Å². The summed E-state index contributed by atoms with van der Waals surface area (Å²) in [6, 6.07) is 6.17. The summed E-state index contributed by atoms with van der Waals surface area (Å²) >= 11 is 0. The van der Waals surface area contributed by atoms with Crippen LogP contribution in [0.4, 0.5) is 0 Å². The first-order valence-electron chi connectivity index (χ1n) is 8.68. The minimum Gasteiger partial charge on any atom is -0.486 e. The van der Waals surface area contributed by atoms with Crippen molar-refractivity contribution in [2.24, 2.45) is 5.92 Å². The number of likely N-dealkylation sites (tertiary alicyclic amines) is 1. The molecule has 2 aliphatic heterocycles. The average molecular weight is 313 g/mol. The molecule has 0 N–H and O–H groups in total. The van der Waals surface area contributed by atoms with Crippen molar-refractivity contribution in [3.05, 3.63) is 35.9 Å². The third-order valence-electron chi connectivity index (χ3n) is 5.11. The first-order valence-corrected chi connectivity index (χ1v) is 8.68. The van der Waals surface area contributed by atoms with Crippen molar-refractivity contribution in [1.82, 2.24) is 4.90 Å². The van der Waals surface area contributed by atoms with Crippen LogP contribution in [0.1, 0.15) is 43.7 Å². The largest absolute Gasteiger partial charge is 0.486 e. The van der Waals surface area contributed by atoms with Crippen molar-refractivity contribution in [3.63, 3.8) is 0 Å². The summed E-state index contributed by atoms with van der Waals surface area (Å²) in [6.07, 6.45) is 9.28. The van der Waals surface area contributed by atoms with Gasteiger partial charge in [-0.25, -0.2) is 0 Å². The molecule has 122 valence electrons. The van der Waals surface area contributed by atoms with Gasteiger partial charge in [-0.3, -0.25) is 4.79 Å². The van der Waals surface area contributed by atoms with Gasteiger partial charge in [0.1, 0.15) is 13.2 Å². The first-order chi connectivity index (χ1) is 11.3. The van der Waals surface area contributed by atoms with Crippen LogP contribution in [0.2, 0.25) is 0 Å². The molecule has 0 unspecified atom stereocenters. The zero-order valence-corrected chi connectivity index (χ0v) is 13.4. The van der Waals surface area contributed by atoms with Gasteiger partial charge in [-0.15, -0.1) is 0 Å². The number of fused-ring (bicyclic) bond motifs is 1. The summed E-state index contributed by atoms with van der Waals surface area (Å²) in [5.74, 6) is 2.11.